The number of carbonyl (C=O) groups is 2. The highest BCUT2D eigenvalue weighted by Crippen LogP contribution is 2.19. The van der Waals surface area contributed by atoms with E-state index in [4.69, 9.17) is 4.74 Å². The summed E-state index contributed by atoms with van der Waals surface area (Å²) in [4.78, 5) is 25.1. The fourth-order valence-corrected chi connectivity index (χ4v) is 2.83. The summed E-state index contributed by atoms with van der Waals surface area (Å²) < 4.78 is 5.12. The van der Waals surface area contributed by atoms with E-state index in [0.717, 1.165) is 16.9 Å². The highest BCUT2D eigenvalue weighted by Gasteiger charge is 2.14. The van der Waals surface area contributed by atoms with Crippen LogP contribution < -0.4 is 15.4 Å². The number of ether oxygens (including phenoxy) is 1. The molecule has 3 rings (SSSR count). The van der Waals surface area contributed by atoms with Crippen molar-refractivity contribution in [3.63, 3.8) is 0 Å². The third kappa shape index (κ3) is 4.98. The summed E-state index contributed by atoms with van der Waals surface area (Å²) in [7, 11) is 1.60. The van der Waals surface area contributed by atoms with Crippen molar-refractivity contribution in [3.05, 3.63) is 89.5 Å². The Morgan fingerprint density at radius 1 is 0.893 bits per heavy atom. The van der Waals surface area contributed by atoms with Gasteiger partial charge in [-0.3, -0.25) is 9.59 Å². The molecule has 0 aliphatic rings. The molecule has 0 atom stereocenters. The predicted octanol–water partition coefficient (Wildman–Crippen LogP) is 4.44. The molecule has 3 aromatic carbocycles. The van der Waals surface area contributed by atoms with Crippen molar-refractivity contribution in [2.45, 2.75) is 13.3 Å². The lowest BCUT2D eigenvalue weighted by Gasteiger charge is -2.12. The number of anilines is 2. The van der Waals surface area contributed by atoms with Crippen molar-refractivity contribution in [1.29, 1.82) is 0 Å². The Bertz CT molecular complexity index is 981. The van der Waals surface area contributed by atoms with Crippen LogP contribution in [0.2, 0.25) is 0 Å². The number of hydrogen-bond donors (Lipinski definition) is 2. The van der Waals surface area contributed by atoms with Crippen molar-refractivity contribution in [3.8, 4) is 5.75 Å². The molecule has 0 aromatic heterocycles. The summed E-state index contributed by atoms with van der Waals surface area (Å²) in [5, 5.41) is 5.71. The number of rotatable bonds is 6. The van der Waals surface area contributed by atoms with Crippen LogP contribution in [0.3, 0.4) is 0 Å². The number of benzene rings is 3. The Labute approximate surface area is 164 Å². The zero-order valence-corrected chi connectivity index (χ0v) is 15.9. The summed E-state index contributed by atoms with van der Waals surface area (Å²) in [6.45, 7) is 1.96. The Morgan fingerprint density at radius 2 is 1.64 bits per heavy atom. The number of amides is 2. The van der Waals surface area contributed by atoms with Gasteiger partial charge in [0.25, 0.3) is 5.91 Å². The SMILES string of the molecule is COc1ccc(CC(=O)Nc2ccccc2C(=O)Nc2cccc(C)c2)cc1. The smallest absolute Gasteiger partial charge is 0.257 e. The molecule has 0 bridgehead atoms. The highest BCUT2D eigenvalue weighted by atomic mass is 16.5. The lowest BCUT2D eigenvalue weighted by molar-refractivity contribution is -0.115. The fourth-order valence-electron chi connectivity index (χ4n) is 2.83. The first-order chi connectivity index (χ1) is 13.5. The molecule has 0 unspecified atom stereocenters. The van der Waals surface area contributed by atoms with Gasteiger partial charge in [-0.05, 0) is 54.4 Å². The zero-order valence-electron chi connectivity index (χ0n) is 15.9. The molecule has 0 aliphatic heterocycles. The van der Waals surface area contributed by atoms with E-state index < -0.39 is 0 Å². The van der Waals surface area contributed by atoms with Gasteiger partial charge < -0.3 is 15.4 Å². The standard InChI is InChI=1S/C23H22N2O3/c1-16-6-5-7-18(14-16)24-23(27)20-8-3-4-9-21(20)25-22(26)15-17-10-12-19(28-2)13-11-17/h3-14H,15H2,1-2H3,(H,24,27)(H,25,26). The second-order valence-corrected chi connectivity index (χ2v) is 6.44. The van der Waals surface area contributed by atoms with Crippen LogP contribution in [-0.2, 0) is 11.2 Å². The van der Waals surface area contributed by atoms with Gasteiger partial charge in [0, 0.05) is 5.69 Å². The van der Waals surface area contributed by atoms with Crippen molar-refractivity contribution in [2.75, 3.05) is 17.7 Å². The van der Waals surface area contributed by atoms with E-state index in [0.29, 0.717) is 16.9 Å². The van der Waals surface area contributed by atoms with Gasteiger partial charge in [-0.15, -0.1) is 0 Å². The van der Waals surface area contributed by atoms with Crippen molar-refractivity contribution in [2.24, 2.45) is 0 Å². The number of aryl methyl sites for hydroxylation is 1. The van der Waals surface area contributed by atoms with E-state index in [9.17, 15) is 9.59 Å². The minimum atomic E-state index is -0.272. The minimum absolute atomic E-state index is 0.194. The molecule has 3 aromatic rings. The monoisotopic (exact) mass is 374 g/mol. The van der Waals surface area contributed by atoms with Crippen LogP contribution in [-0.4, -0.2) is 18.9 Å². The molecular weight excluding hydrogens is 352 g/mol. The van der Waals surface area contributed by atoms with Crippen LogP contribution in [0.4, 0.5) is 11.4 Å². The maximum Gasteiger partial charge on any atom is 0.257 e. The van der Waals surface area contributed by atoms with E-state index in [2.05, 4.69) is 10.6 Å². The van der Waals surface area contributed by atoms with Crippen molar-refractivity contribution < 1.29 is 14.3 Å². The van der Waals surface area contributed by atoms with E-state index in [1.54, 1.807) is 31.4 Å². The molecular formula is C23H22N2O3. The number of methoxy groups -OCH3 is 1. The Kier molecular flexibility index (Phi) is 6.07. The summed E-state index contributed by atoms with van der Waals surface area (Å²) >= 11 is 0. The van der Waals surface area contributed by atoms with Crippen LogP contribution >= 0.6 is 0 Å². The topological polar surface area (TPSA) is 67.4 Å². The first-order valence-electron chi connectivity index (χ1n) is 8.95. The van der Waals surface area contributed by atoms with Gasteiger partial charge in [0.15, 0.2) is 0 Å². The average Bonchev–Trinajstić information content (AvgIpc) is 2.69. The minimum Gasteiger partial charge on any atom is -0.497 e. The van der Waals surface area contributed by atoms with Gasteiger partial charge in [0.05, 0.1) is 24.8 Å². The molecule has 0 spiro atoms. The van der Waals surface area contributed by atoms with Crippen LogP contribution in [0.15, 0.2) is 72.8 Å². The highest BCUT2D eigenvalue weighted by molar-refractivity contribution is 6.10. The largest absolute Gasteiger partial charge is 0.497 e. The quantitative estimate of drug-likeness (QED) is 0.670. The lowest BCUT2D eigenvalue weighted by Crippen LogP contribution is -2.19. The molecule has 28 heavy (non-hydrogen) atoms. The summed E-state index contributed by atoms with van der Waals surface area (Å²) in [5.74, 6) is 0.272. The number of carbonyl (C=O) groups excluding carboxylic acids is 2. The van der Waals surface area contributed by atoms with Crippen molar-refractivity contribution in [1.82, 2.24) is 0 Å². The summed E-state index contributed by atoms with van der Waals surface area (Å²) in [6, 6.07) is 21.8. The molecule has 0 saturated carbocycles. The van der Waals surface area contributed by atoms with Crippen molar-refractivity contribution >= 4 is 23.2 Å². The van der Waals surface area contributed by atoms with Gasteiger partial charge in [-0.1, -0.05) is 36.4 Å². The average molecular weight is 374 g/mol. The molecule has 5 heteroatoms. The predicted molar refractivity (Wildman–Crippen MR) is 111 cm³/mol. The van der Waals surface area contributed by atoms with Crippen LogP contribution in [0.1, 0.15) is 21.5 Å². The van der Waals surface area contributed by atoms with Crippen LogP contribution in [0.5, 0.6) is 5.75 Å². The lowest BCUT2D eigenvalue weighted by atomic mass is 10.1. The number of nitrogens with one attached hydrogen (secondary N) is 2. The molecule has 2 N–H and O–H groups in total. The third-order valence-corrected chi connectivity index (χ3v) is 4.25. The molecule has 0 radical (unpaired) electrons. The van der Waals surface area contributed by atoms with Gasteiger partial charge in [0.1, 0.15) is 5.75 Å². The van der Waals surface area contributed by atoms with E-state index in [1.807, 2.05) is 55.5 Å². The first-order valence-corrected chi connectivity index (χ1v) is 8.95. The second-order valence-electron chi connectivity index (χ2n) is 6.44. The normalized spacial score (nSPS) is 10.2. The van der Waals surface area contributed by atoms with E-state index in [1.165, 1.54) is 0 Å². The Balaban J connectivity index is 1.70. The maximum absolute atomic E-state index is 12.7. The van der Waals surface area contributed by atoms with E-state index in [-0.39, 0.29) is 18.2 Å². The Morgan fingerprint density at radius 3 is 2.36 bits per heavy atom. The fraction of sp³-hybridized carbons (Fsp3) is 0.130. The maximum atomic E-state index is 12.7. The molecule has 142 valence electrons. The van der Waals surface area contributed by atoms with Gasteiger partial charge in [-0.25, -0.2) is 0 Å². The summed E-state index contributed by atoms with van der Waals surface area (Å²) in [5.41, 5.74) is 3.52. The number of para-hydroxylation sites is 1. The molecule has 2 amide bonds. The van der Waals surface area contributed by atoms with Gasteiger partial charge >= 0.3 is 0 Å². The molecule has 0 aliphatic carbocycles. The number of hydrogen-bond acceptors (Lipinski definition) is 3. The van der Waals surface area contributed by atoms with Gasteiger partial charge in [0.2, 0.25) is 5.91 Å². The second kappa shape index (κ2) is 8.86. The van der Waals surface area contributed by atoms with E-state index >= 15 is 0 Å². The van der Waals surface area contributed by atoms with Gasteiger partial charge in [-0.2, -0.15) is 0 Å². The van der Waals surface area contributed by atoms with Crippen LogP contribution in [0, 0.1) is 6.92 Å². The molecule has 0 saturated heterocycles. The Hall–Kier alpha value is -3.60. The first kappa shape index (κ1) is 19.2. The molecule has 0 heterocycles. The zero-order chi connectivity index (χ0) is 19.9. The van der Waals surface area contributed by atoms with Crippen LogP contribution in [0.25, 0.3) is 0 Å². The molecule has 0 fully saturated rings. The molecule has 5 nitrogen and oxygen atoms in total. The third-order valence-electron chi connectivity index (χ3n) is 4.25. The summed E-state index contributed by atoms with van der Waals surface area (Å²) in [6.07, 6.45) is 0.206.